The zero-order valence-electron chi connectivity index (χ0n) is 15.4. The lowest BCUT2D eigenvalue weighted by atomic mass is 10.2. The van der Waals surface area contributed by atoms with Crippen molar-refractivity contribution in [3.63, 3.8) is 0 Å². The average Bonchev–Trinajstić information content (AvgIpc) is 3.01. The molecule has 1 fully saturated rings. The van der Waals surface area contributed by atoms with Gasteiger partial charge < -0.3 is 9.47 Å². The number of fused-ring (bicyclic) bond motifs is 1. The summed E-state index contributed by atoms with van der Waals surface area (Å²) in [4.78, 5) is 9.66. The van der Waals surface area contributed by atoms with Gasteiger partial charge in [-0.25, -0.2) is 9.37 Å². The van der Waals surface area contributed by atoms with Gasteiger partial charge in [-0.15, -0.1) is 0 Å². The molecular formula is C21H25FN4. The lowest BCUT2D eigenvalue weighted by molar-refractivity contribution is 0.240. The maximum absolute atomic E-state index is 13.1. The van der Waals surface area contributed by atoms with E-state index in [1.54, 1.807) is 0 Å². The number of halogens is 1. The molecule has 0 atom stereocenters. The Morgan fingerprint density at radius 2 is 1.65 bits per heavy atom. The Kier molecular flexibility index (Phi) is 4.64. The molecule has 0 N–H and O–H groups in total. The van der Waals surface area contributed by atoms with E-state index in [4.69, 9.17) is 4.98 Å². The predicted molar refractivity (Wildman–Crippen MR) is 104 cm³/mol. The minimum absolute atomic E-state index is 0.181. The molecule has 1 aromatic heterocycles. The van der Waals surface area contributed by atoms with Gasteiger partial charge in [-0.2, -0.15) is 0 Å². The minimum atomic E-state index is -0.181. The zero-order chi connectivity index (χ0) is 18.1. The van der Waals surface area contributed by atoms with Gasteiger partial charge in [0.05, 0.1) is 17.6 Å². The number of hydrogen-bond donors (Lipinski definition) is 0. The lowest BCUT2D eigenvalue weighted by Gasteiger charge is -2.36. The predicted octanol–water partition coefficient (Wildman–Crippen LogP) is 4.08. The van der Waals surface area contributed by atoms with E-state index in [0.717, 1.165) is 49.8 Å². The summed E-state index contributed by atoms with van der Waals surface area (Å²) in [7, 11) is 0. The van der Waals surface area contributed by atoms with Crippen LogP contribution in [-0.2, 0) is 6.54 Å². The molecule has 1 aliphatic heterocycles. The van der Waals surface area contributed by atoms with E-state index in [1.807, 2.05) is 18.2 Å². The molecule has 0 bridgehead atoms. The molecule has 0 amide bonds. The molecule has 5 heteroatoms. The molecule has 0 saturated carbocycles. The molecular weight excluding hydrogens is 327 g/mol. The molecule has 4 nitrogen and oxygen atoms in total. The Labute approximate surface area is 153 Å². The van der Waals surface area contributed by atoms with Crippen molar-refractivity contribution < 1.29 is 4.39 Å². The van der Waals surface area contributed by atoms with Crippen LogP contribution in [0, 0.1) is 5.82 Å². The van der Waals surface area contributed by atoms with Gasteiger partial charge in [0.2, 0.25) is 0 Å². The van der Waals surface area contributed by atoms with Crippen LogP contribution < -0.4 is 4.90 Å². The van der Waals surface area contributed by atoms with Crippen molar-refractivity contribution in [2.45, 2.75) is 26.4 Å². The van der Waals surface area contributed by atoms with Gasteiger partial charge in [0.25, 0.3) is 0 Å². The number of hydrogen-bond acceptors (Lipinski definition) is 3. The Hall–Kier alpha value is -2.40. The third kappa shape index (κ3) is 3.31. The van der Waals surface area contributed by atoms with Crippen LogP contribution in [0.15, 0.2) is 48.5 Å². The van der Waals surface area contributed by atoms with Crippen molar-refractivity contribution in [2.75, 3.05) is 31.1 Å². The van der Waals surface area contributed by atoms with E-state index in [0.29, 0.717) is 6.04 Å². The topological polar surface area (TPSA) is 24.3 Å². The van der Waals surface area contributed by atoms with Crippen LogP contribution in [0.25, 0.3) is 11.0 Å². The molecule has 2 heterocycles. The first kappa shape index (κ1) is 17.0. The second-order valence-corrected chi connectivity index (χ2v) is 7.22. The number of benzene rings is 2. The van der Waals surface area contributed by atoms with Crippen LogP contribution in [0.5, 0.6) is 0 Å². The first-order valence-corrected chi connectivity index (χ1v) is 9.30. The third-order valence-corrected chi connectivity index (χ3v) is 5.11. The van der Waals surface area contributed by atoms with Gasteiger partial charge in [0, 0.05) is 37.9 Å². The Bertz CT molecular complexity index is 877. The number of imidazole rings is 1. The van der Waals surface area contributed by atoms with Crippen LogP contribution in [0.1, 0.15) is 25.7 Å². The molecule has 0 radical (unpaired) electrons. The molecule has 0 spiro atoms. The molecule has 1 saturated heterocycles. The van der Waals surface area contributed by atoms with Crippen molar-refractivity contribution in [1.29, 1.82) is 0 Å². The van der Waals surface area contributed by atoms with Gasteiger partial charge in [-0.05, 0) is 50.2 Å². The monoisotopic (exact) mass is 352 g/mol. The van der Waals surface area contributed by atoms with Crippen molar-refractivity contribution in [1.82, 2.24) is 14.5 Å². The first-order chi connectivity index (χ1) is 12.6. The average molecular weight is 352 g/mol. The number of piperazine rings is 1. The summed E-state index contributed by atoms with van der Waals surface area (Å²) >= 11 is 0. The second kappa shape index (κ2) is 7.08. The van der Waals surface area contributed by atoms with Crippen molar-refractivity contribution in [3.05, 3.63) is 60.2 Å². The normalized spacial score (nSPS) is 15.9. The quantitative estimate of drug-likeness (QED) is 0.707. The summed E-state index contributed by atoms with van der Waals surface area (Å²) in [6.45, 7) is 9.16. The standard InChI is InChI=1S/C21H25FN4/c1-16(2)26-20-6-4-3-5-19(20)23-21(26)15-24-11-13-25(14-12-24)18-9-7-17(22)8-10-18/h3-10,16H,11-15H2,1-2H3. The Balaban J connectivity index is 1.47. The molecule has 4 rings (SSSR count). The number of rotatable bonds is 4. The number of aromatic nitrogens is 2. The zero-order valence-corrected chi connectivity index (χ0v) is 15.4. The van der Waals surface area contributed by atoms with Crippen LogP contribution in [0.4, 0.5) is 10.1 Å². The highest BCUT2D eigenvalue weighted by Gasteiger charge is 2.20. The van der Waals surface area contributed by atoms with E-state index >= 15 is 0 Å². The van der Waals surface area contributed by atoms with Gasteiger partial charge >= 0.3 is 0 Å². The fourth-order valence-corrected chi connectivity index (χ4v) is 3.80. The Morgan fingerprint density at radius 3 is 2.35 bits per heavy atom. The fourth-order valence-electron chi connectivity index (χ4n) is 3.80. The highest BCUT2D eigenvalue weighted by Crippen LogP contribution is 2.23. The molecule has 0 aliphatic carbocycles. The molecule has 136 valence electrons. The largest absolute Gasteiger partial charge is 0.369 e. The van der Waals surface area contributed by atoms with Gasteiger partial charge in [-0.3, -0.25) is 4.90 Å². The summed E-state index contributed by atoms with van der Waals surface area (Å²) in [5, 5.41) is 0. The SMILES string of the molecule is CC(C)n1c(CN2CCN(c3ccc(F)cc3)CC2)nc2ccccc21. The van der Waals surface area contributed by atoms with E-state index in [1.165, 1.54) is 17.6 Å². The first-order valence-electron chi connectivity index (χ1n) is 9.30. The van der Waals surface area contributed by atoms with E-state index in [2.05, 4.69) is 46.4 Å². The van der Waals surface area contributed by atoms with Crippen LogP contribution in [-0.4, -0.2) is 40.6 Å². The number of anilines is 1. The van der Waals surface area contributed by atoms with Crippen LogP contribution in [0.3, 0.4) is 0 Å². The summed E-state index contributed by atoms with van der Waals surface area (Å²) in [6, 6.07) is 15.5. The summed E-state index contributed by atoms with van der Waals surface area (Å²) in [5.74, 6) is 0.955. The molecule has 0 unspecified atom stereocenters. The number of nitrogens with zero attached hydrogens (tertiary/aromatic N) is 4. The highest BCUT2D eigenvalue weighted by atomic mass is 19.1. The van der Waals surface area contributed by atoms with E-state index in [-0.39, 0.29) is 5.82 Å². The fraction of sp³-hybridized carbons (Fsp3) is 0.381. The summed E-state index contributed by atoms with van der Waals surface area (Å²) < 4.78 is 15.5. The van der Waals surface area contributed by atoms with Gasteiger partial charge in [-0.1, -0.05) is 12.1 Å². The van der Waals surface area contributed by atoms with Crippen molar-refractivity contribution in [3.8, 4) is 0 Å². The summed E-state index contributed by atoms with van der Waals surface area (Å²) in [6.07, 6.45) is 0. The van der Waals surface area contributed by atoms with Gasteiger partial charge in [0.1, 0.15) is 11.6 Å². The van der Waals surface area contributed by atoms with E-state index < -0.39 is 0 Å². The smallest absolute Gasteiger partial charge is 0.124 e. The molecule has 26 heavy (non-hydrogen) atoms. The minimum Gasteiger partial charge on any atom is -0.369 e. The van der Waals surface area contributed by atoms with Gasteiger partial charge in [0.15, 0.2) is 0 Å². The highest BCUT2D eigenvalue weighted by molar-refractivity contribution is 5.76. The number of para-hydroxylation sites is 2. The lowest BCUT2D eigenvalue weighted by Crippen LogP contribution is -2.46. The van der Waals surface area contributed by atoms with Crippen molar-refractivity contribution >= 4 is 16.7 Å². The molecule has 3 aromatic rings. The molecule has 1 aliphatic rings. The molecule has 2 aromatic carbocycles. The van der Waals surface area contributed by atoms with Crippen molar-refractivity contribution in [2.24, 2.45) is 0 Å². The Morgan fingerprint density at radius 1 is 0.962 bits per heavy atom. The maximum Gasteiger partial charge on any atom is 0.124 e. The van der Waals surface area contributed by atoms with E-state index in [9.17, 15) is 4.39 Å². The third-order valence-electron chi connectivity index (χ3n) is 5.11. The maximum atomic E-state index is 13.1. The second-order valence-electron chi connectivity index (χ2n) is 7.22. The van der Waals surface area contributed by atoms with Crippen LogP contribution in [0.2, 0.25) is 0 Å². The van der Waals surface area contributed by atoms with Crippen LogP contribution >= 0.6 is 0 Å². The summed E-state index contributed by atoms with van der Waals surface area (Å²) in [5.41, 5.74) is 3.38.